The minimum Gasteiger partial charge on any atom is -0.345 e. The predicted octanol–water partition coefficient (Wildman–Crippen LogP) is 2.54. The average molecular weight is 367 g/mol. The fraction of sp³-hybridized carbons (Fsp3) is 0.375. The number of nitrogens with zero attached hydrogens (tertiary/aromatic N) is 3. The Morgan fingerprint density at radius 2 is 1.92 bits per heavy atom. The summed E-state index contributed by atoms with van der Waals surface area (Å²) in [5.74, 6) is -0.238. The van der Waals surface area contributed by atoms with E-state index in [4.69, 9.17) is 0 Å². The van der Waals surface area contributed by atoms with E-state index in [1.54, 1.807) is 33.2 Å². The Morgan fingerprint density at radius 1 is 1.25 bits per heavy atom. The lowest BCUT2D eigenvalue weighted by molar-refractivity contribution is 0.0827. The Balaban J connectivity index is 2.36. The van der Waals surface area contributed by atoms with Gasteiger partial charge in [-0.1, -0.05) is 6.07 Å². The summed E-state index contributed by atoms with van der Waals surface area (Å²) >= 11 is 1.43. The van der Waals surface area contributed by atoms with E-state index in [0.29, 0.717) is 5.56 Å². The number of sulfonamides is 1. The molecule has 130 valence electrons. The van der Waals surface area contributed by atoms with Gasteiger partial charge in [-0.2, -0.15) is 4.31 Å². The highest BCUT2D eigenvalue weighted by Crippen LogP contribution is 2.28. The number of carbonyl (C=O) groups is 1. The molecule has 2 rings (SSSR count). The van der Waals surface area contributed by atoms with Crippen molar-refractivity contribution in [3.63, 3.8) is 0 Å². The van der Waals surface area contributed by atoms with Gasteiger partial charge in [-0.3, -0.25) is 4.79 Å². The fourth-order valence-corrected chi connectivity index (χ4v) is 4.48. The number of amides is 1. The van der Waals surface area contributed by atoms with Crippen LogP contribution in [-0.4, -0.2) is 49.7 Å². The largest absolute Gasteiger partial charge is 0.345 e. The Bertz CT molecular complexity index is 844. The van der Waals surface area contributed by atoms with Gasteiger partial charge < -0.3 is 4.90 Å². The summed E-state index contributed by atoms with van der Waals surface area (Å²) in [7, 11) is 1.05. The van der Waals surface area contributed by atoms with Gasteiger partial charge in [-0.05, 0) is 32.0 Å². The smallest absolute Gasteiger partial charge is 0.253 e. The first-order valence-corrected chi connectivity index (χ1v) is 9.68. The Labute approximate surface area is 146 Å². The van der Waals surface area contributed by atoms with Crippen LogP contribution in [0.25, 0.3) is 0 Å². The van der Waals surface area contributed by atoms with Crippen molar-refractivity contribution in [1.82, 2.24) is 14.2 Å². The van der Waals surface area contributed by atoms with Crippen LogP contribution >= 0.6 is 11.3 Å². The molecule has 1 amide bonds. The maximum atomic E-state index is 12.9. The van der Waals surface area contributed by atoms with Gasteiger partial charge >= 0.3 is 0 Å². The summed E-state index contributed by atoms with van der Waals surface area (Å²) in [4.78, 5) is 17.9. The summed E-state index contributed by atoms with van der Waals surface area (Å²) in [6, 6.07) is 5.71. The lowest BCUT2D eigenvalue weighted by atomic mass is 10.2. The van der Waals surface area contributed by atoms with Crippen LogP contribution in [0.15, 0.2) is 34.5 Å². The number of carbonyl (C=O) groups excluding carboxylic acids is 1. The first-order valence-electron chi connectivity index (χ1n) is 7.36. The number of rotatable bonds is 5. The lowest BCUT2D eigenvalue weighted by Crippen LogP contribution is -2.30. The summed E-state index contributed by atoms with van der Waals surface area (Å²) in [5, 5.41) is 2.63. The lowest BCUT2D eigenvalue weighted by Gasteiger charge is -2.23. The van der Waals surface area contributed by atoms with Gasteiger partial charge in [0.1, 0.15) is 5.01 Å². The van der Waals surface area contributed by atoms with E-state index in [9.17, 15) is 13.2 Å². The van der Waals surface area contributed by atoms with E-state index in [0.717, 1.165) is 10.7 Å². The van der Waals surface area contributed by atoms with Crippen molar-refractivity contribution >= 4 is 27.3 Å². The summed E-state index contributed by atoms with van der Waals surface area (Å²) in [5.41, 5.74) is 1.21. The second-order valence-corrected chi connectivity index (χ2v) is 8.64. The summed E-state index contributed by atoms with van der Waals surface area (Å²) in [6.45, 7) is 3.67. The van der Waals surface area contributed by atoms with E-state index in [-0.39, 0.29) is 16.8 Å². The van der Waals surface area contributed by atoms with Gasteiger partial charge in [-0.25, -0.2) is 13.4 Å². The average Bonchev–Trinajstić information content (AvgIpc) is 2.99. The standard InChI is InChI=1S/C16H21N3O3S2/c1-11-10-23-15(17-11)12(2)19(5)24(21,22)14-8-6-7-13(9-14)16(20)18(3)4/h6-10,12H,1-5H3/t12-/m1/s1. The van der Waals surface area contributed by atoms with Crippen LogP contribution in [0.2, 0.25) is 0 Å². The van der Waals surface area contributed by atoms with Crippen molar-refractivity contribution in [1.29, 1.82) is 0 Å². The highest BCUT2D eigenvalue weighted by atomic mass is 32.2. The molecule has 1 aromatic carbocycles. The zero-order valence-corrected chi connectivity index (χ0v) is 16.0. The molecule has 2 aromatic rings. The van der Waals surface area contributed by atoms with Crippen molar-refractivity contribution in [2.75, 3.05) is 21.1 Å². The van der Waals surface area contributed by atoms with Crippen molar-refractivity contribution in [2.24, 2.45) is 0 Å². The summed E-state index contributed by atoms with van der Waals surface area (Å²) < 4.78 is 27.0. The molecule has 24 heavy (non-hydrogen) atoms. The number of thiazole rings is 1. The van der Waals surface area contributed by atoms with Gasteiger partial charge in [0.25, 0.3) is 5.91 Å². The highest BCUT2D eigenvalue weighted by Gasteiger charge is 2.28. The monoisotopic (exact) mass is 367 g/mol. The molecule has 0 saturated heterocycles. The number of benzene rings is 1. The van der Waals surface area contributed by atoms with Crippen LogP contribution in [0.4, 0.5) is 0 Å². The van der Waals surface area contributed by atoms with E-state index in [2.05, 4.69) is 4.98 Å². The number of aryl methyl sites for hydroxylation is 1. The van der Waals surface area contributed by atoms with Crippen LogP contribution in [0.1, 0.15) is 34.0 Å². The zero-order chi connectivity index (χ0) is 18.1. The maximum Gasteiger partial charge on any atom is 0.253 e. The van der Waals surface area contributed by atoms with Crippen molar-refractivity contribution in [3.05, 3.63) is 45.9 Å². The van der Waals surface area contributed by atoms with E-state index >= 15 is 0 Å². The second-order valence-electron chi connectivity index (χ2n) is 5.75. The molecule has 0 aliphatic heterocycles. The predicted molar refractivity (Wildman–Crippen MR) is 94.7 cm³/mol. The fourth-order valence-electron chi connectivity index (χ4n) is 2.14. The summed E-state index contributed by atoms with van der Waals surface area (Å²) in [6.07, 6.45) is 0. The van der Waals surface area contributed by atoms with Crippen LogP contribution in [0.5, 0.6) is 0 Å². The van der Waals surface area contributed by atoms with Crippen LogP contribution in [-0.2, 0) is 10.0 Å². The van der Waals surface area contributed by atoms with Gasteiger partial charge in [0, 0.05) is 37.8 Å². The molecule has 0 aliphatic rings. The third kappa shape index (κ3) is 3.66. The van der Waals surface area contributed by atoms with Crippen molar-refractivity contribution in [3.8, 4) is 0 Å². The van der Waals surface area contributed by atoms with Gasteiger partial charge in [0.15, 0.2) is 0 Å². The minimum atomic E-state index is -3.73. The molecule has 0 radical (unpaired) electrons. The van der Waals surface area contributed by atoms with Crippen molar-refractivity contribution in [2.45, 2.75) is 24.8 Å². The molecule has 8 heteroatoms. The number of aromatic nitrogens is 1. The number of hydrogen-bond donors (Lipinski definition) is 0. The third-order valence-corrected chi connectivity index (χ3v) is 6.76. The van der Waals surface area contributed by atoms with Crippen molar-refractivity contribution < 1.29 is 13.2 Å². The molecular weight excluding hydrogens is 346 g/mol. The molecule has 0 N–H and O–H groups in total. The second kappa shape index (κ2) is 7.00. The molecule has 6 nitrogen and oxygen atoms in total. The zero-order valence-electron chi connectivity index (χ0n) is 14.3. The third-order valence-electron chi connectivity index (χ3n) is 3.70. The Hall–Kier alpha value is -1.77. The Morgan fingerprint density at radius 3 is 2.46 bits per heavy atom. The topological polar surface area (TPSA) is 70.6 Å². The molecule has 0 bridgehead atoms. The minimum absolute atomic E-state index is 0.0952. The van der Waals surface area contributed by atoms with Crippen LogP contribution < -0.4 is 0 Å². The van der Waals surface area contributed by atoms with Gasteiger partial charge in [-0.15, -0.1) is 11.3 Å². The molecule has 0 saturated carbocycles. The van der Waals surface area contributed by atoms with E-state index in [1.165, 1.54) is 39.7 Å². The van der Waals surface area contributed by atoms with E-state index in [1.807, 2.05) is 12.3 Å². The number of hydrogen-bond acceptors (Lipinski definition) is 5. The van der Waals surface area contributed by atoms with Gasteiger partial charge in [0.05, 0.1) is 10.9 Å². The molecule has 1 heterocycles. The quantitative estimate of drug-likeness (QED) is 0.814. The SMILES string of the molecule is Cc1csc([C@@H](C)N(C)S(=O)(=O)c2cccc(C(=O)N(C)C)c2)n1. The maximum absolute atomic E-state index is 12.9. The Kier molecular flexibility index (Phi) is 5.42. The van der Waals surface area contributed by atoms with Crippen LogP contribution in [0.3, 0.4) is 0 Å². The normalized spacial score (nSPS) is 13.1. The first-order chi connectivity index (χ1) is 11.1. The molecule has 0 aliphatic carbocycles. The molecule has 0 spiro atoms. The van der Waals surface area contributed by atoms with Gasteiger partial charge in [0.2, 0.25) is 10.0 Å². The molecule has 1 aromatic heterocycles. The van der Waals surface area contributed by atoms with E-state index < -0.39 is 10.0 Å². The molecule has 0 unspecified atom stereocenters. The molecule has 0 fully saturated rings. The van der Waals surface area contributed by atoms with Crippen LogP contribution in [0, 0.1) is 6.92 Å². The molecule has 1 atom stereocenters. The molecular formula is C16H21N3O3S2. The first kappa shape index (κ1) is 18.6. The highest BCUT2D eigenvalue weighted by molar-refractivity contribution is 7.89.